The van der Waals surface area contributed by atoms with Crippen LogP contribution in [0.2, 0.25) is 0 Å². The van der Waals surface area contributed by atoms with Crippen LogP contribution in [0.3, 0.4) is 0 Å². The summed E-state index contributed by atoms with van der Waals surface area (Å²) in [5.74, 6) is 1.25. The first-order valence-corrected chi connectivity index (χ1v) is 7.61. The number of amides is 3. The third-order valence-corrected chi connectivity index (χ3v) is 3.60. The molecular formula is C15H23N5O2. The molecule has 120 valence electrons. The summed E-state index contributed by atoms with van der Waals surface area (Å²) in [6, 6.07) is 1.48. The standard InChI is InChI=1S/C15H23N5O2/c1-11(2)14(21)19-7-4-8-20(10-9-19)15(22)18-13-5-6-16-12(3)17-13/h5-6,11H,4,7-10H2,1-3H3,(H,16,17,18,22). The zero-order chi connectivity index (χ0) is 16.1. The molecule has 2 heterocycles. The highest BCUT2D eigenvalue weighted by Crippen LogP contribution is 2.10. The van der Waals surface area contributed by atoms with E-state index < -0.39 is 0 Å². The Labute approximate surface area is 130 Å². The van der Waals surface area contributed by atoms with E-state index in [1.54, 1.807) is 24.1 Å². The Bertz CT molecular complexity index is 546. The lowest BCUT2D eigenvalue weighted by Crippen LogP contribution is -2.40. The van der Waals surface area contributed by atoms with E-state index in [9.17, 15) is 9.59 Å². The molecule has 0 unspecified atom stereocenters. The van der Waals surface area contributed by atoms with Crippen molar-refractivity contribution in [1.82, 2.24) is 19.8 Å². The molecule has 1 aromatic rings. The molecule has 7 heteroatoms. The number of aromatic nitrogens is 2. The number of urea groups is 1. The first-order valence-electron chi connectivity index (χ1n) is 7.61. The molecule has 0 atom stereocenters. The summed E-state index contributed by atoms with van der Waals surface area (Å²) >= 11 is 0. The molecule has 2 rings (SSSR count). The van der Waals surface area contributed by atoms with Gasteiger partial charge in [0.2, 0.25) is 5.91 Å². The number of rotatable bonds is 2. The van der Waals surface area contributed by atoms with Crippen molar-refractivity contribution in [3.05, 3.63) is 18.1 Å². The molecule has 0 spiro atoms. The van der Waals surface area contributed by atoms with Crippen LogP contribution in [0.25, 0.3) is 0 Å². The minimum Gasteiger partial charge on any atom is -0.341 e. The van der Waals surface area contributed by atoms with Gasteiger partial charge >= 0.3 is 6.03 Å². The van der Waals surface area contributed by atoms with Crippen molar-refractivity contribution in [2.75, 3.05) is 31.5 Å². The molecule has 1 aliphatic heterocycles. The van der Waals surface area contributed by atoms with Gasteiger partial charge in [-0.3, -0.25) is 10.1 Å². The summed E-state index contributed by atoms with van der Waals surface area (Å²) in [6.07, 6.45) is 2.40. The molecular weight excluding hydrogens is 282 g/mol. The van der Waals surface area contributed by atoms with Crippen molar-refractivity contribution in [3.63, 3.8) is 0 Å². The second-order valence-corrected chi connectivity index (χ2v) is 5.74. The molecule has 3 amide bonds. The summed E-state index contributed by atoms with van der Waals surface area (Å²) in [5.41, 5.74) is 0. The second-order valence-electron chi connectivity index (χ2n) is 5.74. The Morgan fingerprint density at radius 3 is 2.55 bits per heavy atom. The maximum Gasteiger partial charge on any atom is 0.323 e. The molecule has 7 nitrogen and oxygen atoms in total. The number of nitrogens with one attached hydrogen (secondary N) is 1. The van der Waals surface area contributed by atoms with Gasteiger partial charge in [0.1, 0.15) is 11.6 Å². The monoisotopic (exact) mass is 305 g/mol. The summed E-state index contributed by atoms with van der Waals surface area (Å²) in [5, 5.41) is 2.78. The van der Waals surface area contributed by atoms with Crippen molar-refractivity contribution in [1.29, 1.82) is 0 Å². The SMILES string of the molecule is Cc1nccc(NC(=O)N2CCCN(C(=O)C(C)C)CC2)n1. The minimum atomic E-state index is -0.183. The Hall–Kier alpha value is -2.18. The number of nitrogens with zero attached hydrogens (tertiary/aromatic N) is 4. The fourth-order valence-electron chi connectivity index (χ4n) is 2.42. The predicted molar refractivity (Wildman–Crippen MR) is 83.4 cm³/mol. The number of hydrogen-bond acceptors (Lipinski definition) is 4. The average Bonchev–Trinajstić information content (AvgIpc) is 2.72. The van der Waals surface area contributed by atoms with E-state index in [4.69, 9.17) is 0 Å². The lowest BCUT2D eigenvalue weighted by atomic mass is 10.2. The summed E-state index contributed by atoms with van der Waals surface area (Å²) in [4.78, 5) is 36.1. The van der Waals surface area contributed by atoms with Gasteiger partial charge in [0.15, 0.2) is 0 Å². The Balaban J connectivity index is 1.93. The van der Waals surface area contributed by atoms with Gasteiger partial charge in [0, 0.05) is 38.3 Å². The highest BCUT2D eigenvalue weighted by molar-refractivity contribution is 5.88. The van der Waals surface area contributed by atoms with Gasteiger partial charge in [0.25, 0.3) is 0 Å². The zero-order valence-electron chi connectivity index (χ0n) is 13.4. The minimum absolute atomic E-state index is 0.00984. The van der Waals surface area contributed by atoms with Crippen LogP contribution < -0.4 is 5.32 Å². The highest BCUT2D eigenvalue weighted by Gasteiger charge is 2.23. The van der Waals surface area contributed by atoms with Crippen LogP contribution in [0.4, 0.5) is 10.6 Å². The molecule has 1 aromatic heterocycles. The average molecular weight is 305 g/mol. The topological polar surface area (TPSA) is 78.4 Å². The van der Waals surface area contributed by atoms with Crippen LogP contribution >= 0.6 is 0 Å². The largest absolute Gasteiger partial charge is 0.341 e. The van der Waals surface area contributed by atoms with Gasteiger partial charge in [-0.15, -0.1) is 0 Å². The third-order valence-electron chi connectivity index (χ3n) is 3.60. The molecule has 0 saturated carbocycles. The van der Waals surface area contributed by atoms with Crippen LogP contribution in [0.15, 0.2) is 12.3 Å². The van der Waals surface area contributed by atoms with Crippen LogP contribution in [-0.2, 0) is 4.79 Å². The number of aryl methyl sites for hydroxylation is 1. The van der Waals surface area contributed by atoms with Gasteiger partial charge < -0.3 is 9.80 Å². The zero-order valence-corrected chi connectivity index (χ0v) is 13.4. The Morgan fingerprint density at radius 2 is 1.86 bits per heavy atom. The molecule has 0 aromatic carbocycles. The summed E-state index contributed by atoms with van der Waals surface area (Å²) < 4.78 is 0. The summed E-state index contributed by atoms with van der Waals surface area (Å²) in [7, 11) is 0. The van der Waals surface area contributed by atoms with Gasteiger partial charge in [-0.2, -0.15) is 0 Å². The molecule has 1 aliphatic rings. The molecule has 0 radical (unpaired) electrons. The van der Waals surface area contributed by atoms with Crippen molar-refractivity contribution in [2.45, 2.75) is 27.2 Å². The van der Waals surface area contributed by atoms with Crippen molar-refractivity contribution >= 4 is 17.8 Å². The lowest BCUT2D eigenvalue weighted by Gasteiger charge is -2.23. The van der Waals surface area contributed by atoms with Gasteiger partial charge in [-0.25, -0.2) is 14.8 Å². The van der Waals surface area contributed by atoms with E-state index >= 15 is 0 Å². The van der Waals surface area contributed by atoms with E-state index in [2.05, 4.69) is 15.3 Å². The van der Waals surface area contributed by atoms with E-state index in [-0.39, 0.29) is 17.9 Å². The second kappa shape index (κ2) is 7.20. The molecule has 1 saturated heterocycles. The molecule has 22 heavy (non-hydrogen) atoms. The lowest BCUT2D eigenvalue weighted by molar-refractivity contribution is -0.134. The van der Waals surface area contributed by atoms with Crippen LogP contribution in [-0.4, -0.2) is 57.9 Å². The number of hydrogen-bond donors (Lipinski definition) is 1. The van der Waals surface area contributed by atoms with E-state index in [0.717, 1.165) is 6.42 Å². The first-order chi connectivity index (χ1) is 10.5. The van der Waals surface area contributed by atoms with Crippen LogP contribution in [0.1, 0.15) is 26.1 Å². The van der Waals surface area contributed by atoms with Crippen LogP contribution in [0.5, 0.6) is 0 Å². The maximum absolute atomic E-state index is 12.3. The van der Waals surface area contributed by atoms with Crippen molar-refractivity contribution in [2.24, 2.45) is 5.92 Å². The van der Waals surface area contributed by atoms with E-state index in [1.807, 2.05) is 18.7 Å². The Morgan fingerprint density at radius 1 is 1.18 bits per heavy atom. The smallest absolute Gasteiger partial charge is 0.323 e. The normalized spacial score (nSPS) is 15.6. The maximum atomic E-state index is 12.3. The molecule has 1 N–H and O–H groups in total. The number of anilines is 1. The molecule has 0 bridgehead atoms. The number of carbonyl (C=O) groups excluding carboxylic acids is 2. The van der Waals surface area contributed by atoms with Gasteiger partial charge in [0.05, 0.1) is 0 Å². The van der Waals surface area contributed by atoms with Gasteiger partial charge in [-0.1, -0.05) is 13.8 Å². The van der Waals surface area contributed by atoms with E-state index in [0.29, 0.717) is 37.8 Å². The van der Waals surface area contributed by atoms with Crippen LogP contribution in [0, 0.1) is 12.8 Å². The Kier molecular flexibility index (Phi) is 5.30. The molecule has 1 fully saturated rings. The predicted octanol–water partition coefficient (Wildman–Crippen LogP) is 1.51. The molecule has 0 aliphatic carbocycles. The fourth-order valence-corrected chi connectivity index (χ4v) is 2.42. The van der Waals surface area contributed by atoms with Crippen molar-refractivity contribution < 1.29 is 9.59 Å². The fraction of sp³-hybridized carbons (Fsp3) is 0.600. The van der Waals surface area contributed by atoms with Gasteiger partial charge in [-0.05, 0) is 19.4 Å². The van der Waals surface area contributed by atoms with E-state index in [1.165, 1.54) is 0 Å². The highest BCUT2D eigenvalue weighted by atomic mass is 16.2. The first kappa shape index (κ1) is 16.2. The third kappa shape index (κ3) is 4.16. The number of carbonyl (C=O) groups is 2. The van der Waals surface area contributed by atoms with Crippen molar-refractivity contribution in [3.8, 4) is 0 Å². The quantitative estimate of drug-likeness (QED) is 0.898. The summed E-state index contributed by atoms with van der Waals surface area (Å²) in [6.45, 7) is 8.02.